The van der Waals surface area contributed by atoms with Crippen molar-refractivity contribution in [2.45, 2.75) is 51.7 Å². The molecule has 0 aromatic rings. The molecular weight excluding hydrogens is 212 g/mol. The van der Waals surface area contributed by atoms with Crippen LogP contribution in [0.15, 0.2) is 0 Å². The highest BCUT2D eigenvalue weighted by Gasteiger charge is 2.25. The van der Waals surface area contributed by atoms with Crippen molar-refractivity contribution < 1.29 is 4.74 Å². The first-order valence-electron chi connectivity index (χ1n) is 7.31. The number of likely N-dealkylation sites (tertiary alicyclic amines) is 1. The van der Waals surface area contributed by atoms with E-state index in [0.29, 0.717) is 12.1 Å². The topological polar surface area (TPSA) is 24.5 Å². The zero-order valence-corrected chi connectivity index (χ0v) is 11.5. The predicted molar refractivity (Wildman–Crippen MR) is 71.3 cm³/mol. The van der Waals surface area contributed by atoms with Gasteiger partial charge in [0.1, 0.15) is 0 Å². The van der Waals surface area contributed by atoms with Crippen molar-refractivity contribution in [2.24, 2.45) is 5.92 Å². The van der Waals surface area contributed by atoms with Gasteiger partial charge in [0.2, 0.25) is 0 Å². The van der Waals surface area contributed by atoms with Gasteiger partial charge in [0.25, 0.3) is 0 Å². The van der Waals surface area contributed by atoms with E-state index in [4.69, 9.17) is 4.74 Å². The van der Waals surface area contributed by atoms with E-state index in [1.54, 1.807) is 0 Å². The number of hydrogen-bond donors (Lipinski definition) is 1. The van der Waals surface area contributed by atoms with Gasteiger partial charge in [-0.2, -0.15) is 0 Å². The van der Waals surface area contributed by atoms with E-state index in [2.05, 4.69) is 24.1 Å². The Labute approximate surface area is 106 Å². The van der Waals surface area contributed by atoms with Gasteiger partial charge in [-0.1, -0.05) is 13.8 Å². The van der Waals surface area contributed by atoms with E-state index in [1.165, 1.54) is 45.3 Å². The molecule has 0 aliphatic carbocycles. The molecule has 2 rings (SSSR count). The molecule has 2 aliphatic heterocycles. The van der Waals surface area contributed by atoms with Crippen LogP contribution in [0.2, 0.25) is 0 Å². The van der Waals surface area contributed by atoms with Crippen LogP contribution in [0.3, 0.4) is 0 Å². The van der Waals surface area contributed by atoms with Crippen molar-refractivity contribution >= 4 is 0 Å². The van der Waals surface area contributed by atoms with E-state index in [0.717, 1.165) is 19.1 Å². The summed E-state index contributed by atoms with van der Waals surface area (Å²) in [5.41, 5.74) is 0. The lowest BCUT2D eigenvalue weighted by Crippen LogP contribution is -2.35. The molecule has 3 heteroatoms. The fourth-order valence-electron chi connectivity index (χ4n) is 2.89. The molecule has 0 spiro atoms. The molecule has 2 heterocycles. The van der Waals surface area contributed by atoms with Crippen molar-refractivity contribution in [3.63, 3.8) is 0 Å². The third kappa shape index (κ3) is 4.57. The second-order valence-corrected chi connectivity index (χ2v) is 5.97. The summed E-state index contributed by atoms with van der Waals surface area (Å²) in [4.78, 5) is 2.60. The Hall–Kier alpha value is -0.120. The van der Waals surface area contributed by atoms with E-state index >= 15 is 0 Å². The minimum atomic E-state index is 0.514. The molecule has 2 saturated heterocycles. The SMILES string of the molecule is CC(C)NCC1CCN(CC2CCCCO2)C1. The van der Waals surface area contributed by atoms with Gasteiger partial charge >= 0.3 is 0 Å². The quantitative estimate of drug-likeness (QED) is 0.794. The number of hydrogen-bond acceptors (Lipinski definition) is 3. The van der Waals surface area contributed by atoms with Gasteiger partial charge < -0.3 is 15.0 Å². The van der Waals surface area contributed by atoms with Crippen LogP contribution in [0.4, 0.5) is 0 Å². The summed E-state index contributed by atoms with van der Waals surface area (Å²) in [6, 6.07) is 0.616. The second kappa shape index (κ2) is 6.72. The van der Waals surface area contributed by atoms with Gasteiger partial charge in [-0.15, -0.1) is 0 Å². The van der Waals surface area contributed by atoms with Crippen LogP contribution >= 0.6 is 0 Å². The van der Waals surface area contributed by atoms with Gasteiger partial charge in [0.15, 0.2) is 0 Å². The van der Waals surface area contributed by atoms with Crippen LogP contribution in [-0.2, 0) is 4.74 Å². The number of nitrogens with zero attached hydrogens (tertiary/aromatic N) is 1. The highest BCUT2D eigenvalue weighted by atomic mass is 16.5. The van der Waals surface area contributed by atoms with Crippen molar-refractivity contribution in [1.29, 1.82) is 0 Å². The highest BCUT2D eigenvalue weighted by Crippen LogP contribution is 2.19. The molecule has 0 aromatic carbocycles. The lowest BCUT2D eigenvalue weighted by molar-refractivity contribution is -0.00237. The standard InChI is InChI=1S/C14H28N2O/c1-12(2)15-9-13-6-7-16(10-13)11-14-5-3-4-8-17-14/h12-15H,3-11H2,1-2H3. The first kappa shape index (κ1) is 13.3. The smallest absolute Gasteiger partial charge is 0.0702 e. The largest absolute Gasteiger partial charge is 0.377 e. The molecule has 2 unspecified atom stereocenters. The Morgan fingerprint density at radius 3 is 2.88 bits per heavy atom. The third-order valence-corrected chi connectivity index (χ3v) is 3.92. The zero-order valence-electron chi connectivity index (χ0n) is 11.5. The van der Waals surface area contributed by atoms with Crippen molar-refractivity contribution in [3.05, 3.63) is 0 Å². The molecule has 3 nitrogen and oxygen atoms in total. The summed E-state index contributed by atoms with van der Waals surface area (Å²) in [5.74, 6) is 0.848. The van der Waals surface area contributed by atoms with E-state index in [1.807, 2.05) is 0 Å². The molecule has 0 aromatic heterocycles. The Balaban J connectivity index is 1.63. The molecule has 0 radical (unpaired) electrons. The number of ether oxygens (including phenoxy) is 1. The molecule has 2 atom stereocenters. The molecule has 0 bridgehead atoms. The Kier molecular flexibility index (Phi) is 5.26. The summed E-state index contributed by atoms with van der Waals surface area (Å²) in [5, 5.41) is 3.55. The second-order valence-electron chi connectivity index (χ2n) is 5.97. The Morgan fingerprint density at radius 2 is 2.18 bits per heavy atom. The lowest BCUT2D eigenvalue weighted by Gasteiger charge is -2.27. The fourth-order valence-corrected chi connectivity index (χ4v) is 2.89. The number of nitrogens with one attached hydrogen (secondary N) is 1. The highest BCUT2D eigenvalue weighted by molar-refractivity contribution is 4.80. The van der Waals surface area contributed by atoms with Gasteiger partial charge in [0.05, 0.1) is 6.10 Å². The summed E-state index contributed by atoms with van der Waals surface area (Å²) in [7, 11) is 0. The Morgan fingerprint density at radius 1 is 1.29 bits per heavy atom. The maximum absolute atomic E-state index is 5.82. The van der Waals surface area contributed by atoms with Gasteiger partial charge in [0, 0.05) is 25.7 Å². The monoisotopic (exact) mass is 240 g/mol. The van der Waals surface area contributed by atoms with Gasteiger partial charge in [-0.3, -0.25) is 0 Å². The molecule has 0 saturated carbocycles. The van der Waals surface area contributed by atoms with E-state index in [-0.39, 0.29) is 0 Å². The lowest BCUT2D eigenvalue weighted by atomic mass is 10.1. The van der Waals surface area contributed by atoms with Crippen LogP contribution in [0.25, 0.3) is 0 Å². The first-order valence-corrected chi connectivity index (χ1v) is 7.31. The maximum atomic E-state index is 5.82. The summed E-state index contributed by atoms with van der Waals surface area (Å²) >= 11 is 0. The summed E-state index contributed by atoms with van der Waals surface area (Å²) in [6.45, 7) is 10.3. The average Bonchev–Trinajstić information content (AvgIpc) is 2.75. The van der Waals surface area contributed by atoms with Crippen LogP contribution in [-0.4, -0.2) is 49.8 Å². The molecule has 2 fully saturated rings. The molecular formula is C14H28N2O. The molecule has 17 heavy (non-hydrogen) atoms. The van der Waals surface area contributed by atoms with Crippen LogP contribution < -0.4 is 5.32 Å². The van der Waals surface area contributed by atoms with Gasteiger partial charge in [-0.05, 0) is 44.7 Å². The summed E-state index contributed by atoms with van der Waals surface area (Å²) in [6.07, 6.45) is 5.76. The molecule has 100 valence electrons. The van der Waals surface area contributed by atoms with Crippen molar-refractivity contribution in [2.75, 3.05) is 32.8 Å². The van der Waals surface area contributed by atoms with Crippen LogP contribution in [0.5, 0.6) is 0 Å². The molecule has 1 N–H and O–H groups in total. The Bertz CT molecular complexity index is 214. The molecule has 0 amide bonds. The normalized spacial score (nSPS) is 31.2. The van der Waals surface area contributed by atoms with E-state index in [9.17, 15) is 0 Å². The van der Waals surface area contributed by atoms with Crippen molar-refractivity contribution in [1.82, 2.24) is 10.2 Å². The minimum absolute atomic E-state index is 0.514. The molecule has 2 aliphatic rings. The fraction of sp³-hybridized carbons (Fsp3) is 1.00. The van der Waals surface area contributed by atoms with Crippen LogP contribution in [0.1, 0.15) is 39.5 Å². The van der Waals surface area contributed by atoms with Gasteiger partial charge in [-0.25, -0.2) is 0 Å². The predicted octanol–water partition coefficient (Wildman–Crippen LogP) is 1.88. The first-order chi connectivity index (χ1) is 8.24. The maximum Gasteiger partial charge on any atom is 0.0702 e. The summed E-state index contributed by atoms with van der Waals surface area (Å²) < 4.78 is 5.82. The van der Waals surface area contributed by atoms with Crippen LogP contribution in [0, 0.1) is 5.92 Å². The number of rotatable bonds is 5. The van der Waals surface area contributed by atoms with Crippen molar-refractivity contribution in [3.8, 4) is 0 Å². The third-order valence-electron chi connectivity index (χ3n) is 3.92. The zero-order chi connectivity index (χ0) is 12.1. The minimum Gasteiger partial charge on any atom is -0.377 e. The average molecular weight is 240 g/mol. The van der Waals surface area contributed by atoms with E-state index < -0.39 is 0 Å².